The smallest absolute Gasteiger partial charge is 0.158 e. The van der Waals surface area contributed by atoms with Gasteiger partial charge in [0, 0.05) is 18.7 Å². The molecule has 0 spiro atoms. The fourth-order valence-electron chi connectivity index (χ4n) is 2.12. The Kier molecular flexibility index (Phi) is 3.86. The van der Waals surface area contributed by atoms with Crippen molar-refractivity contribution in [2.45, 2.75) is 38.6 Å². The Morgan fingerprint density at radius 3 is 3.18 bits per heavy atom. The molecule has 1 aliphatic rings. The maximum atomic E-state index is 9.57. The van der Waals surface area contributed by atoms with Crippen LogP contribution in [-0.2, 0) is 11.2 Å². The van der Waals surface area contributed by atoms with Crippen LogP contribution in [0.25, 0.3) is 0 Å². The van der Waals surface area contributed by atoms with Gasteiger partial charge in [0.25, 0.3) is 0 Å². The molecular formula is C13H19NO3. The van der Waals surface area contributed by atoms with Crippen LogP contribution < -0.4 is 10.5 Å². The van der Waals surface area contributed by atoms with Gasteiger partial charge in [0.15, 0.2) is 6.29 Å². The molecule has 3 N–H and O–H groups in total. The molecule has 0 bridgehead atoms. The third-order valence-electron chi connectivity index (χ3n) is 2.94. The van der Waals surface area contributed by atoms with Crippen molar-refractivity contribution in [2.24, 2.45) is 0 Å². The molecule has 1 aromatic carbocycles. The quantitative estimate of drug-likeness (QED) is 0.618. The summed E-state index contributed by atoms with van der Waals surface area (Å²) in [5.74, 6) is 0.874. The van der Waals surface area contributed by atoms with Gasteiger partial charge in [0.1, 0.15) is 11.9 Å². The molecule has 4 nitrogen and oxygen atoms in total. The van der Waals surface area contributed by atoms with E-state index in [4.69, 9.17) is 15.2 Å². The summed E-state index contributed by atoms with van der Waals surface area (Å²) in [7, 11) is 0. The van der Waals surface area contributed by atoms with Crippen molar-refractivity contribution in [1.82, 2.24) is 0 Å². The number of ether oxygens (including phenoxy) is 2. The molecule has 0 aliphatic carbocycles. The molecular weight excluding hydrogens is 218 g/mol. The Morgan fingerprint density at radius 2 is 2.41 bits per heavy atom. The number of aryl methyl sites for hydroxylation is 1. The van der Waals surface area contributed by atoms with Crippen LogP contribution in [0.2, 0.25) is 0 Å². The Morgan fingerprint density at radius 1 is 1.59 bits per heavy atom. The second-order valence-electron chi connectivity index (χ2n) is 4.29. The SMILES string of the molecule is CCO[C@H](O)CC1CCc2cc(N)ccc2O1. The number of aliphatic hydroxyl groups is 1. The average Bonchev–Trinajstić information content (AvgIpc) is 2.29. The van der Waals surface area contributed by atoms with Gasteiger partial charge in [-0.2, -0.15) is 0 Å². The minimum Gasteiger partial charge on any atom is -0.490 e. The summed E-state index contributed by atoms with van der Waals surface area (Å²) >= 11 is 0. The molecule has 94 valence electrons. The highest BCUT2D eigenvalue weighted by Gasteiger charge is 2.22. The molecule has 0 radical (unpaired) electrons. The molecule has 2 rings (SSSR count). The summed E-state index contributed by atoms with van der Waals surface area (Å²) < 4.78 is 10.9. The number of nitrogen functional groups attached to an aromatic ring is 1. The molecule has 4 heteroatoms. The molecule has 0 amide bonds. The van der Waals surface area contributed by atoms with Gasteiger partial charge in [0.2, 0.25) is 0 Å². The number of fused-ring (bicyclic) bond motifs is 1. The van der Waals surface area contributed by atoms with Crippen LogP contribution in [-0.4, -0.2) is 24.1 Å². The van der Waals surface area contributed by atoms with E-state index in [-0.39, 0.29) is 6.10 Å². The number of benzene rings is 1. The van der Waals surface area contributed by atoms with E-state index in [0.29, 0.717) is 13.0 Å². The Bertz CT molecular complexity index is 381. The van der Waals surface area contributed by atoms with Crippen LogP contribution in [0.1, 0.15) is 25.3 Å². The van der Waals surface area contributed by atoms with Crippen molar-refractivity contribution in [3.63, 3.8) is 0 Å². The average molecular weight is 237 g/mol. The van der Waals surface area contributed by atoms with Gasteiger partial charge in [0.05, 0.1) is 0 Å². The molecule has 1 unspecified atom stereocenters. The van der Waals surface area contributed by atoms with E-state index in [1.54, 1.807) is 0 Å². The van der Waals surface area contributed by atoms with Crippen LogP contribution in [0.4, 0.5) is 5.69 Å². The third kappa shape index (κ3) is 3.11. The maximum Gasteiger partial charge on any atom is 0.158 e. The summed E-state index contributed by atoms with van der Waals surface area (Å²) in [4.78, 5) is 0. The molecule has 0 saturated carbocycles. The van der Waals surface area contributed by atoms with Gasteiger partial charge in [-0.3, -0.25) is 0 Å². The van der Waals surface area contributed by atoms with E-state index in [2.05, 4.69) is 0 Å². The molecule has 0 saturated heterocycles. The lowest BCUT2D eigenvalue weighted by molar-refractivity contribution is -0.114. The molecule has 1 aromatic rings. The van der Waals surface area contributed by atoms with Crippen LogP contribution in [0, 0.1) is 0 Å². The molecule has 0 aromatic heterocycles. The van der Waals surface area contributed by atoms with Gasteiger partial charge in [-0.05, 0) is 43.5 Å². The summed E-state index contributed by atoms with van der Waals surface area (Å²) in [5.41, 5.74) is 7.63. The van der Waals surface area contributed by atoms with Crippen molar-refractivity contribution >= 4 is 5.69 Å². The Balaban J connectivity index is 1.96. The zero-order chi connectivity index (χ0) is 12.3. The summed E-state index contributed by atoms with van der Waals surface area (Å²) in [5, 5.41) is 9.57. The normalized spacial score (nSPS) is 20.5. The van der Waals surface area contributed by atoms with Crippen LogP contribution in [0.15, 0.2) is 18.2 Å². The Hall–Kier alpha value is -1.26. The lowest BCUT2D eigenvalue weighted by atomic mass is 10.00. The highest BCUT2D eigenvalue weighted by molar-refractivity contribution is 5.48. The summed E-state index contributed by atoms with van der Waals surface area (Å²) in [6.45, 7) is 2.38. The van der Waals surface area contributed by atoms with E-state index in [0.717, 1.165) is 29.8 Å². The molecule has 0 fully saturated rings. The van der Waals surface area contributed by atoms with E-state index in [9.17, 15) is 5.11 Å². The first-order valence-electron chi connectivity index (χ1n) is 6.03. The van der Waals surface area contributed by atoms with E-state index >= 15 is 0 Å². The fourth-order valence-corrected chi connectivity index (χ4v) is 2.12. The van der Waals surface area contributed by atoms with Gasteiger partial charge in [-0.25, -0.2) is 0 Å². The van der Waals surface area contributed by atoms with Gasteiger partial charge < -0.3 is 20.3 Å². The van der Waals surface area contributed by atoms with Gasteiger partial charge in [-0.15, -0.1) is 0 Å². The predicted molar refractivity (Wildman–Crippen MR) is 65.8 cm³/mol. The van der Waals surface area contributed by atoms with E-state index < -0.39 is 6.29 Å². The zero-order valence-electron chi connectivity index (χ0n) is 10.1. The van der Waals surface area contributed by atoms with Crippen molar-refractivity contribution < 1.29 is 14.6 Å². The van der Waals surface area contributed by atoms with Crippen LogP contribution >= 0.6 is 0 Å². The van der Waals surface area contributed by atoms with Crippen molar-refractivity contribution in [3.05, 3.63) is 23.8 Å². The van der Waals surface area contributed by atoms with Gasteiger partial charge in [-0.1, -0.05) is 0 Å². The molecule has 2 atom stereocenters. The molecule has 1 aliphatic heterocycles. The second-order valence-corrected chi connectivity index (χ2v) is 4.29. The highest BCUT2D eigenvalue weighted by atomic mass is 16.6. The number of hydrogen-bond acceptors (Lipinski definition) is 4. The number of aliphatic hydroxyl groups excluding tert-OH is 1. The van der Waals surface area contributed by atoms with Crippen molar-refractivity contribution in [1.29, 1.82) is 0 Å². The lowest BCUT2D eigenvalue weighted by Crippen LogP contribution is -2.28. The number of anilines is 1. The predicted octanol–water partition coefficient (Wildman–Crippen LogP) is 1.71. The van der Waals surface area contributed by atoms with Crippen molar-refractivity contribution in [2.75, 3.05) is 12.3 Å². The maximum absolute atomic E-state index is 9.57. The number of nitrogens with two attached hydrogens (primary N) is 1. The lowest BCUT2D eigenvalue weighted by Gasteiger charge is -2.27. The van der Waals surface area contributed by atoms with Gasteiger partial charge >= 0.3 is 0 Å². The fraction of sp³-hybridized carbons (Fsp3) is 0.538. The van der Waals surface area contributed by atoms with Crippen LogP contribution in [0.3, 0.4) is 0 Å². The standard InChI is InChI=1S/C13H19NO3/c1-2-16-13(15)8-11-5-3-9-7-10(14)4-6-12(9)17-11/h4,6-7,11,13,15H,2-3,5,8,14H2,1H3/t11?,13-/m0/s1. The minimum absolute atomic E-state index is 0.0210. The first-order valence-corrected chi connectivity index (χ1v) is 6.03. The third-order valence-corrected chi connectivity index (χ3v) is 2.94. The van der Waals surface area contributed by atoms with E-state index in [1.807, 2.05) is 25.1 Å². The monoisotopic (exact) mass is 237 g/mol. The number of hydrogen-bond donors (Lipinski definition) is 2. The highest BCUT2D eigenvalue weighted by Crippen LogP contribution is 2.30. The molecule has 1 heterocycles. The largest absolute Gasteiger partial charge is 0.490 e. The molecule has 17 heavy (non-hydrogen) atoms. The van der Waals surface area contributed by atoms with Crippen LogP contribution in [0.5, 0.6) is 5.75 Å². The summed E-state index contributed by atoms with van der Waals surface area (Å²) in [6, 6.07) is 5.68. The van der Waals surface area contributed by atoms with Crippen molar-refractivity contribution in [3.8, 4) is 5.75 Å². The minimum atomic E-state index is -0.736. The zero-order valence-corrected chi connectivity index (χ0v) is 10.1. The Labute approximate surface area is 101 Å². The van der Waals surface area contributed by atoms with E-state index in [1.165, 1.54) is 0 Å². The summed E-state index contributed by atoms with van der Waals surface area (Å²) in [6.07, 6.45) is 1.62. The second kappa shape index (κ2) is 5.38. The first-order chi connectivity index (χ1) is 8.19. The topological polar surface area (TPSA) is 64.7 Å². The first kappa shape index (κ1) is 12.2. The number of rotatable bonds is 4.